The summed E-state index contributed by atoms with van der Waals surface area (Å²) in [6, 6.07) is 5.61. The molecule has 0 aliphatic carbocycles. The SMILES string of the molecule is COCC(C)NC(=O)CNc1cc(C(=O)N2CC(C)CC(C)C2)ccc1C. The molecule has 2 N–H and O–H groups in total. The minimum atomic E-state index is -0.102. The lowest BCUT2D eigenvalue weighted by molar-refractivity contribution is -0.120. The molecular formula is C21H33N3O3. The Kier molecular flexibility index (Phi) is 7.66. The molecule has 3 unspecified atom stereocenters. The Hall–Kier alpha value is -2.08. The molecule has 0 bridgehead atoms. The first-order valence-corrected chi connectivity index (χ1v) is 9.72. The van der Waals surface area contributed by atoms with Gasteiger partial charge in [-0.15, -0.1) is 0 Å². The van der Waals surface area contributed by atoms with Crippen molar-refractivity contribution in [2.75, 3.05) is 38.7 Å². The van der Waals surface area contributed by atoms with Crippen LogP contribution in [0, 0.1) is 18.8 Å². The van der Waals surface area contributed by atoms with Crippen molar-refractivity contribution in [2.24, 2.45) is 11.8 Å². The Morgan fingerprint density at radius 3 is 2.56 bits per heavy atom. The maximum atomic E-state index is 12.9. The van der Waals surface area contributed by atoms with E-state index in [9.17, 15) is 9.59 Å². The molecule has 6 nitrogen and oxygen atoms in total. The van der Waals surface area contributed by atoms with E-state index in [4.69, 9.17) is 4.74 Å². The van der Waals surface area contributed by atoms with Gasteiger partial charge in [0, 0.05) is 37.5 Å². The third-order valence-corrected chi connectivity index (χ3v) is 4.90. The Morgan fingerprint density at radius 2 is 1.93 bits per heavy atom. The molecule has 3 atom stereocenters. The van der Waals surface area contributed by atoms with Crippen molar-refractivity contribution in [3.05, 3.63) is 29.3 Å². The maximum absolute atomic E-state index is 12.9. The second-order valence-electron chi connectivity index (χ2n) is 7.96. The van der Waals surface area contributed by atoms with Crippen LogP contribution in [-0.4, -0.2) is 56.1 Å². The number of carbonyl (C=O) groups excluding carboxylic acids is 2. The van der Waals surface area contributed by atoms with Crippen LogP contribution in [0.4, 0.5) is 5.69 Å². The zero-order valence-electron chi connectivity index (χ0n) is 17.2. The lowest BCUT2D eigenvalue weighted by Gasteiger charge is -2.35. The van der Waals surface area contributed by atoms with Crippen molar-refractivity contribution in [3.8, 4) is 0 Å². The molecule has 1 aromatic rings. The zero-order valence-corrected chi connectivity index (χ0v) is 17.2. The molecule has 1 aromatic carbocycles. The number of amides is 2. The molecule has 0 spiro atoms. The number of hydrogen-bond donors (Lipinski definition) is 2. The fourth-order valence-electron chi connectivity index (χ4n) is 3.75. The van der Waals surface area contributed by atoms with Crippen LogP contribution in [0.25, 0.3) is 0 Å². The molecule has 1 saturated heterocycles. The summed E-state index contributed by atoms with van der Waals surface area (Å²) in [4.78, 5) is 26.9. The first-order valence-electron chi connectivity index (χ1n) is 9.72. The summed E-state index contributed by atoms with van der Waals surface area (Å²) in [5.41, 5.74) is 2.48. The predicted molar refractivity (Wildman–Crippen MR) is 108 cm³/mol. The summed E-state index contributed by atoms with van der Waals surface area (Å²) in [5, 5.41) is 6.02. The molecule has 1 fully saturated rings. The third-order valence-electron chi connectivity index (χ3n) is 4.90. The van der Waals surface area contributed by atoms with Gasteiger partial charge in [0.2, 0.25) is 5.91 Å². The molecule has 0 saturated carbocycles. The lowest BCUT2D eigenvalue weighted by atomic mass is 9.91. The monoisotopic (exact) mass is 375 g/mol. The van der Waals surface area contributed by atoms with Gasteiger partial charge in [-0.3, -0.25) is 9.59 Å². The standard InChI is InChI=1S/C21H33N3O3/c1-14-8-15(2)12-24(11-14)21(26)18-7-6-16(3)19(9-18)22-10-20(25)23-17(4)13-27-5/h6-7,9,14-15,17,22H,8,10-13H2,1-5H3,(H,23,25). The van der Waals surface area contributed by atoms with Gasteiger partial charge in [0.25, 0.3) is 5.91 Å². The van der Waals surface area contributed by atoms with Crippen molar-refractivity contribution < 1.29 is 14.3 Å². The van der Waals surface area contributed by atoms with Crippen molar-refractivity contribution in [3.63, 3.8) is 0 Å². The topological polar surface area (TPSA) is 70.7 Å². The van der Waals surface area contributed by atoms with Gasteiger partial charge < -0.3 is 20.3 Å². The maximum Gasteiger partial charge on any atom is 0.253 e. The lowest BCUT2D eigenvalue weighted by Crippen LogP contribution is -2.42. The molecule has 0 aromatic heterocycles. The Morgan fingerprint density at radius 1 is 1.26 bits per heavy atom. The number of methoxy groups -OCH3 is 1. The second kappa shape index (κ2) is 9.74. The number of ether oxygens (including phenoxy) is 1. The van der Waals surface area contributed by atoms with Gasteiger partial charge in [-0.05, 0) is 49.8 Å². The zero-order chi connectivity index (χ0) is 20.0. The summed E-state index contributed by atoms with van der Waals surface area (Å²) < 4.78 is 5.02. The number of nitrogens with one attached hydrogen (secondary N) is 2. The van der Waals surface area contributed by atoms with Crippen LogP contribution in [0.5, 0.6) is 0 Å². The van der Waals surface area contributed by atoms with Gasteiger partial charge in [0.1, 0.15) is 0 Å². The largest absolute Gasteiger partial charge is 0.383 e. The van der Waals surface area contributed by atoms with Crippen molar-refractivity contribution in [2.45, 2.75) is 40.2 Å². The van der Waals surface area contributed by atoms with Crippen LogP contribution in [-0.2, 0) is 9.53 Å². The van der Waals surface area contributed by atoms with Crippen molar-refractivity contribution >= 4 is 17.5 Å². The fourth-order valence-corrected chi connectivity index (χ4v) is 3.75. The van der Waals surface area contributed by atoms with E-state index in [0.29, 0.717) is 24.0 Å². The molecule has 2 rings (SSSR count). The summed E-state index contributed by atoms with van der Waals surface area (Å²) >= 11 is 0. The number of aryl methyl sites for hydroxylation is 1. The highest BCUT2D eigenvalue weighted by atomic mass is 16.5. The second-order valence-corrected chi connectivity index (χ2v) is 7.96. The van der Waals surface area contributed by atoms with E-state index >= 15 is 0 Å². The molecule has 1 aliphatic heterocycles. The van der Waals surface area contributed by atoms with Crippen molar-refractivity contribution in [1.29, 1.82) is 0 Å². The summed E-state index contributed by atoms with van der Waals surface area (Å²) in [7, 11) is 1.61. The van der Waals surface area contributed by atoms with E-state index in [0.717, 1.165) is 24.3 Å². The number of hydrogen-bond acceptors (Lipinski definition) is 4. The Balaban J connectivity index is 2.00. The number of likely N-dealkylation sites (tertiary alicyclic amines) is 1. The number of anilines is 1. The summed E-state index contributed by atoms with van der Waals surface area (Å²) in [5.74, 6) is 1.01. The van der Waals surface area contributed by atoms with Gasteiger partial charge in [0.15, 0.2) is 0 Å². The van der Waals surface area contributed by atoms with Crippen LogP contribution in [0.2, 0.25) is 0 Å². The molecular weight excluding hydrogens is 342 g/mol. The van der Waals surface area contributed by atoms with Gasteiger partial charge in [-0.25, -0.2) is 0 Å². The molecule has 1 aliphatic rings. The average molecular weight is 376 g/mol. The quantitative estimate of drug-likeness (QED) is 0.769. The molecule has 0 radical (unpaired) electrons. The van der Waals surface area contributed by atoms with Gasteiger partial charge in [-0.2, -0.15) is 0 Å². The van der Waals surface area contributed by atoms with Crippen LogP contribution < -0.4 is 10.6 Å². The number of carbonyl (C=O) groups is 2. The van der Waals surface area contributed by atoms with Gasteiger partial charge in [0.05, 0.1) is 13.2 Å². The molecule has 27 heavy (non-hydrogen) atoms. The van der Waals surface area contributed by atoms with Crippen LogP contribution >= 0.6 is 0 Å². The van der Waals surface area contributed by atoms with Crippen LogP contribution in [0.1, 0.15) is 43.1 Å². The van der Waals surface area contributed by atoms with Crippen LogP contribution in [0.3, 0.4) is 0 Å². The van der Waals surface area contributed by atoms with E-state index in [1.165, 1.54) is 6.42 Å². The molecule has 150 valence electrons. The van der Waals surface area contributed by atoms with Crippen molar-refractivity contribution in [1.82, 2.24) is 10.2 Å². The summed E-state index contributed by atoms with van der Waals surface area (Å²) in [6.07, 6.45) is 1.17. The predicted octanol–water partition coefficient (Wildman–Crippen LogP) is 2.68. The van der Waals surface area contributed by atoms with Gasteiger partial charge in [-0.1, -0.05) is 19.9 Å². The first-order chi connectivity index (χ1) is 12.8. The highest BCUT2D eigenvalue weighted by Crippen LogP contribution is 2.24. The smallest absolute Gasteiger partial charge is 0.253 e. The minimum absolute atomic E-state index is 0.0404. The molecule has 1 heterocycles. The average Bonchev–Trinajstić information content (AvgIpc) is 2.59. The Labute approximate surface area is 162 Å². The Bertz CT molecular complexity index is 652. The van der Waals surface area contributed by atoms with E-state index < -0.39 is 0 Å². The normalized spacial score (nSPS) is 20.9. The fraction of sp³-hybridized carbons (Fsp3) is 0.619. The van der Waals surface area contributed by atoms with E-state index in [1.54, 1.807) is 7.11 Å². The highest BCUT2D eigenvalue weighted by Gasteiger charge is 2.26. The van der Waals surface area contributed by atoms with Gasteiger partial charge >= 0.3 is 0 Å². The highest BCUT2D eigenvalue weighted by molar-refractivity contribution is 5.95. The molecule has 2 amide bonds. The van der Waals surface area contributed by atoms with E-state index in [2.05, 4.69) is 24.5 Å². The van der Waals surface area contributed by atoms with Crippen LogP contribution in [0.15, 0.2) is 18.2 Å². The molecule has 6 heteroatoms. The number of nitrogens with zero attached hydrogens (tertiary/aromatic N) is 1. The summed E-state index contributed by atoms with van der Waals surface area (Å²) in [6.45, 7) is 10.5. The third kappa shape index (κ3) is 6.24. The minimum Gasteiger partial charge on any atom is -0.383 e. The number of benzene rings is 1. The van der Waals surface area contributed by atoms with E-state index in [-0.39, 0.29) is 24.4 Å². The van der Waals surface area contributed by atoms with E-state index in [1.807, 2.05) is 36.9 Å². The first kappa shape index (κ1) is 21.2. The number of piperidine rings is 1. The number of rotatable bonds is 7.